The molecule has 0 bridgehead atoms. The number of halogens is 5. The molecule has 114 valence electrons. The summed E-state index contributed by atoms with van der Waals surface area (Å²) in [5.74, 6) is 0.610. The first-order chi connectivity index (χ1) is 9.74. The number of hydrogen-bond acceptors (Lipinski definition) is 2. The first-order valence-corrected chi connectivity index (χ1v) is 6.86. The van der Waals surface area contributed by atoms with Crippen molar-refractivity contribution in [1.29, 1.82) is 0 Å². The maximum absolute atomic E-state index is 12.7. The van der Waals surface area contributed by atoms with Crippen molar-refractivity contribution < 1.29 is 13.2 Å². The highest BCUT2D eigenvalue weighted by molar-refractivity contribution is 6.37. The molecule has 0 unspecified atom stereocenters. The number of aryl methyl sites for hydroxylation is 1. The Morgan fingerprint density at radius 1 is 1.19 bits per heavy atom. The van der Waals surface area contributed by atoms with Gasteiger partial charge in [0.05, 0.1) is 21.3 Å². The van der Waals surface area contributed by atoms with Gasteiger partial charge in [0.25, 0.3) is 0 Å². The number of anilines is 1. The zero-order valence-electron chi connectivity index (χ0n) is 11.2. The second-order valence-corrected chi connectivity index (χ2v) is 5.21. The van der Waals surface area contributed by atoms with Gasteiger partial charge in [-0.3, -0.25) is 0 Å². The number of benzene rings is 1. The molecule has 3 nitrogen and oxygen atoms in total. The largest absolute Gasteiger partial charge is 0.416 e. The second-order valence-electron chi connectivity index (χ2n) is 4.40. The Labute approximate surface area is 129 Å². The van der Waals surface area contributed by atoms with Crippen LogP contribution in [-0.4, -0.2) is 16.3 Å². The number of nitrogens with zero attached hydrogens (tertiary/aromatic N) is 2. The van der Waals surface area contributed by atoms with E-state index in [2.05, 4.69) is 10.4 Å². The highest BCUT2D eigenvalue weighted by atomic mass is 35.5. The van der Waals surface area contributed by atoms with Gasteiger partial charge in [-0.15, -0.1) is 0 Å². The van der Waals surface area contributed by atoms with Crippen molar-refractivity contribution in [2.75, 3.05) is 11.9 Å². The third-order valence-electron chi connectivity index (χ3n) is 2.75. The van der Waals surface area contributed by atoms with Gasteiger partial charge in [-0.2, -0.15) is 18.3 Å². The Morgan fingerprint density at radius 2 is 1.76 bits per heavy atom. The van der Waals surface area contributed by atoms with Crippen LogP contribution in [0.5, 0.6) is 0 Å². The van der Waals surface area contributed by atoms with Crippen LogP contribution in [0.3, 0.4) is 0 Å². The van der Waals surface area contributed by atoms with Crippen molar-refractivity contribution in [2.24, 2.45) is 0 Å². The molecule has 1 aromatic heterocycles. The topological polar surface area (TPSA) is 29.9 Å². The minimum atomic E-state index is -4.50. The molecular formula is C13H12Cl2F3N3. The van der Waals surface area contributed by atoms with Crippen molar-refractivity contribution in [3.05, 3.63) is 39.5 Å². The SMILES string of the molecule is CCNc1cc(C)nn1-c1c(Cl)cc(C(F)(F)F)cc1Cl. The van der Waals surface area contributed by atoms with Crippen LogP contribution in [-0.2, 0) is 6.18 Å². The van der Waals surface area contributed by atoms with Gasteiger partial charge >= 0.3 is 6.18 Å². The summed E-state index contributed by atoms with van der Waals surface area (Å²) in [6, 6.07) is 3.44. The first-order valence-electron chi connectivity index (χ1n) is 6.11. The lowest BCUT2D eigenvalue weighted by molar-refractivity contribution is -0.137. The minimum Gasteiger partial charge on any atom is -0.370 e. The fourth-order valence-electron chi connectivity index (χ4n) is 1.91. The van der Waals surface area contributed by atoms with Crippen molar-refractivity contribution >= 4 is 29.0 Å². The molecule has 0 spiro atoms. The normalized spacial score (nSPS) is 11.8. The van der Waals surface area contributed by atoms with Crippen LogP contribution in [0.1, 0.15) is 18.2 Å². The monoisotopic (exact) mass is 337 g/mol. The highest BCUT2D eigenvalue weighted by Crippen LogP contribution is 2.38. The van der Waals surface area contributed by atoms with Gasteiger partial charge in [-0.25, -0.2) is 4.68 Å². The molecule has 0 atom stereocenters. The Kier molecular flexibility index (Phi) is 4.39. The van der Waals surface area contributed by atoms with E-state index in [4.69, 9.17) is 23.2 Å². The zero-order chi connectivity index (χ0) is 15.8. The van der Waals surface area contributed by atoms with Crippen molar-refractivity contribution in [3.8, 4) is 5.69 Å². The second kappa shape index (κ2) is 5.77. The predicted molar refractivity (Wildman–Crippen MR) is 77.5 cm³/mol. The molecule has 2 rings (SSSR count). The fourth-order valence-corrected chi connectivity index (χ4v) is 2.56. The summed E-state index contributed by atoms with van der Waals surface area (Å²) in [5, 5.41) is 7.05. The lowest BCUT2D eigenvalue weighted by Gasteiger charge is -2.14. The smallest absolute Gasteiger partial charge is 0.370 e. The molecule has 0 amide bonds. The molecular weight excluding hydrogens is 326 g/mol. The molecule has 1 N–H and O–H groups in total. The van der Waals surface area contributed by atoms with Crippen molar-refractivity contribution in [1.82, 2.24) is 9.78 Å². The molecule has 1 aromatic carbocycles. The summed E-state index contributed by atoms with van der Waals surface area (Å²) >= 11 is 12.0. The Morgan fingerprint density at radius 3 is 2.24 bits per heavy atom. The van der Waals surface area contributed by atoms with E-state index in [1.807, 2.05) is 6.92 Å². The third-order valence-corrected chi connectivity index (χ3v) is 3.32. The summed E-state index contributed by atoms with van der Waals surface area (Å²) in [4.78, 5) is 0. The van der Waals surface area contributed by atoms with Crippen molar-refractivity contribution in [3.63, 3.8) is 0 Å². The van der Waals surface area contributed by atoms with E-state index in [-0.39, 0.29) is 15.7 Å². The fraction of sp³-hybridized carbons (Fsp3) is 0.308. The molecule has 0 saturated carbocycles. The van der Waals surface area contributed by atoms with Crippen LogP contribution >= 0.6 is 23.2 Å². The Bertz CT molecular complexity index is 642. The van der Waals surface area contributed by atoms with E-state index >= 15 is 0 Å². The summed E-state index contributed by atoms with van der Waals surface area (Å²) in [6.07, 6.45) is -4.50. The Hall–Kier alpha value is -1.40. The number of hydrogen-bond donors (Lipinski definition) is 1. The number of aromatic nitrogens is 2. The third kappa shape index (κ3) is 3.27. The van der Waals surface area contributed by atoms with Gasteiger partial charge in [0, 0.05) is 12.6 Å². The molecule has 0 radical (unpaired) electrons. The van der Waals surface area contributed by atoms with Crippen LogP contribution < -0.4 is 5.32 Å². The summed E-state index contributed by atoms with van der Waals surface area (Å²) in [7, 11) is 0. The maximum Gasteiger partial charge on any atom is 0.416 e. The van der Waals surface area contributed by atoms with Gasteiger partial charge in [0.1, 0.15) is 11.5 Å². The van der Waals surface area contributed by atoms with E-state index < -0.39 is 11.7 Å². The molecule has 1 heterocycles. The average Bonchev–Trinajstić information content (AvgIpc) is 2.68. The van der Waals surface area contributed by atoms with E-state index in [0.717, 1.165) is 12.1 Å². The molecule has 8 heteroatoms. The minimum absolute atomic E-state index is 0.114. The van der Waals surface area contributed by atoms with E-state index in [0.29, 0.717) is 18.1 Å². The summed E-state index contributed by atoms with van der Waals surface area (Å²) < 4.78 is 39.6. The summed E-state index contributed by atoms with van der Waals surface area (Å²) in [5.41, 5.74) is 0.0171. The van der Waals surface area contributed by atoms with E-state index in [9.17, 15) is 13.2 Å². The molecule has 0 aliphatic rings. The molecule has 0 fully saturated rings. The van der Waals surface area contributed by atoms with Crippen LogP contribution in [0.15, 0.2) is 18.2 Å². The van der Waals surface area contributed by atoms with Gasteiger partial charge in [0.15, 0.2) is 0 Å². The highest BCUT2D eigenvalue weighted by Gasteiger charge is 2.32. The van der Waals surface area contributed by atoms with E-state index in [1.165, 1.54) is 4.68 Å². The lowest BCUT2D eigenvalue weighted by atomic mass is 10.2. The van der Waals surface area contributed by atoms with Gasteiger partial charge in [0.2, 0.25) is 0 Å². The van der Waals surface area contributed by atoms with Crippen LogP contribution in [0.2, 0.25) is 10.0 Å². The lowest BCUT2D eigenvalue weighted by Crippen LogP contribution is -2.09. The van der Waals surface area contributed by atoms with Crippen LogP contribution in [0.25, 0.3) is 5.69 Å². The Balaban J connectivity index is 2.60. The van der Waals surface area contributed by atoms with Gasteiger partial charge in [-0.05, 0) is 26.0 Å². The number of rotatable bonds is 3. The molecule has 0 aliphatic carbocycles. The van der Waals surface area contributed by atoms with Crippen LogP contribution in [0, 0.1) is 6.92 Å². The maximum atomic E-state index is 12.7. The van der Waals surface area contributed by atoms with Crippen LogP contribution in [0.4, 0.5) is 19.0 Å². The quantitative estimate of drug-likeness (QED) is 0.859. The predicted octanol–water partition coefficient (Wildman–Crippen LogP) is 4.94. The number of nitrogens with one attached hydrogen (secondary N) is 1. The molecule has 2 aromatic rings. The van der Waals surface area contributed by atoms with Gasteiger partial charge in [-0.1, -0.05) is 23.2 Å². The molecule has 21 heavy (non-hydrogen) atoms. The van der Waals surface area contributed by atoms with Gasteiger partial charge < -0.3 is 5.32 Å². The average molecular weight is 338 g/mol. The first kappa shape index (κ1) is 16.0. The number of alkyl halides is 3. The molecule has 0 aliphatic heterocycles. The summed E-state index contributed by atoms with van der Waals surface area (Å²) in [6.45, 7) is 4.28. The van der Waals surface area contributed by atoms with Crippen molar-refractivity contribution in [2.45, 2.75) is 20.0 Å². The standard InChI is InChI=1S/C13H12Cl2F3N3/c1-3-19-11-4-7(2)20-21(11)12-9(14)5-8(6-10(12)15)13(16,17)18/h4-6,19H,3H2,1-2H3. The molecule has 0 saturated heterocycles. The zero-order valence-corrected chi connectivity index (χ0v) is 12.7. The van der Waals surface area contributed by atoms with E-state index in [1.54, 1.807) is 13.0 Å².